The largest absolute Gasteiger partial charge is 0.478 e. The fourth-order valence-corrected chi connectivity index (χ4v) is 2.85. The Hall–Kier alpha value is -3.54. The Kier molecular flexibility index (Phi) is 4.87. The second kappa shape index (κ2) is 7.78. The number of nitrogens with zero attached hydrogens (tertiary/aromatic N) is 4. The molecule has 0 atom stereocenters. The summed E-state index contributed by atoms with van der Waals surface area (Å²) in [5.41, 5.74) is 2.79. The molecule has 0 unspecified atom stereocenters. The molecule has 1 aromatic carbocycles. The molecule has 1 N–H and O–H groups in total. The van der Waals surface area contributed by atoms with Gasteiger partial charge in [0.1, 0.15) is 5.82 Å². The number of ether oxygens (including phenoxy) is 1. The van der Waals surface area contributed by atoms with Crippen molar-refractivity contribution >= 4 is 16.7 Å². The van der Waals surface area contributed by atoms with Crippen molar-refractivity contribution in [2.45, 2.75) is 13.5 Å². The van der Waals surface area contributed by atoms with Crippen LogP contribution in [0.3, 0.4) is 0 Å². The third-order valence-corrected chi connectivity index (χ3v) is 4.12. The highest BCUT2D eigenvalue weighted by Gasteiger charge is 2.10. The summed E-state index contributed by atoms with van der Waals surface area (Å²) in [6, 6.07) is 15.7. The van der Waals surface area contributed by atoms with Gasteiger partial charge in [-0.3, -0.25) is 4.98 Å². The normalized spacial score (nSPS) is 10.7. The first-order valence-corrected chi connectivity index (χ1v) is 8.83. The molecular weight excluding hydrogens is 338 g/mol. The topological polar surface area (TPSA) is 72.8 Å². The minimum atomic E-state index is 0.556. The number of fused-ring (bicyclic) bond motifs is 1. The molecule has 27 heavy (non-hydrogen) atoms. The number of hydrogen-bond donors (Lipinski definition) is 1. The number of benzene rings is 1. The lowest BCUT2D eigenvalue weighted by atomic mass is 10.2. The summed E-state index contributed by atoms with van der Waals surface area (Å²) in [6.45, 7) is 3.08. The average Bonchev–Trinajstić information content (AvgIpc) is 2.73. The molecule has 0 saturated heterocycles. The van der Waals surface area contributed by atoms with E-state index in [1.807, 2.05) is 55.5 Å². The van der Waals surface area contributed by atoms with Crippen molar-refractivity contribution in [1.82, 2.24) is 19.9 Å². The van der Waals surface area contributed by atoms with Crippen LogP contribution >= 0.6 is 0 Å². The lowest BCUT2D eigenvalue weighted by molar-refractivity contribution is 0.323. The van der Waals surface area contributed by atoms with Crippen molar-refractivity contribution < 1.29 is 4.74 Å². The van der Waals surface area contributed by atoms with Crippen molar-refractivity contribution in [2.75, 3.05) is 11.9 Å². The van der Waals surface area contributed by atoms with Gasteiger partial charge in [-0.25, -0.2) is 15.0 Å². The molecule has 3 aromatic heterocycles. The smallest absolute Gasteiger partial charge is 0.218 e. The molecule has 134 valence electrons. The third-order valence-electron chi connectivity index (χ3n) is 4.12. The highest BCUT2D eigenvalue weighted by molar-refractivity contribution is 5.90. The molecule has 0 aliphatic heterocycles. The maximum absolute atomic E-state index is 5.62. The predicted octanol–water partition coefficient (Wildman–Crippen LogP) is 4.10. The molecule has 0 aliphatic carbocycles. The maximum atomic E-state index is 5.62. The number of rotatable bonds is 6. The minimum absolute atomic E-state index is 0.556. The zero-order valence-electron chi connectivity index (χ0n) is 15.0. The number of aromatic nitrogens is 4. The molecule has 4 rings (SSSR count). The Morgan fingerprint density at radius 1 is 0.926 bits per heavy atom. The van der Waals surface area contributed by atoms with Crippen LogP contribution in [0.5, 0.6) is 5.88 Å². The van der Waals surface area contributed by atoms with Gasteiger partial charge in [-0.05, 0) is 37.3 Å². The van der Waals surface area contributed by atoms with Crippen molar-refractivity contribution in [2.24, 2.45) is 0 Å². The maximum Gasteiger partial charge on any atom is 0.218 e. The van der Waals surface area contributed by atoms with Crippen LogP contribution in [0.2, 0.25) is 0 Å². The predicted molar refractivity (Wildman–Crippen MR) is 106 cm³/mol. The first-order chi connectivity index (χ1) is 13.3. The molecule has 0 aliphatic rings. The number of pyridine rings is 2. The van der Waals surface area contributed by atoms with Gasteiger partial charge in [0.05, 0.1) is 12.1 Å². The van der Waals surface area contributed by atoms with Gasteiger partial charge >= 0.3 is 0 Å². The molecule has 6 heteroatoms. The quantitative estimate of drug-likeness (QED) is 0.560. The van der Waals surface area contributed by atoms with E-state index < -0.39 is 0 Å². The summed E-state index contributed by atoms with van der Waals surface area (Å²) in [5.74, 6) is 2.08. The van der Waals surface area contributed by atoms with Gasteiger partial charge in [0.2, 0.25) is 5.88 Å². The standard InChI is InChI=1S/C21H19N5O/c1-2-27-21-16(6-5-11-23-21)14-24-20-17-7-3-4-8-18(17)25-19(26-20)15-9-12-22-13-10-15/h3-13H,2,14H2,1H3,(H,24,25,26). The molecular formula is C21H19N5O. The molecule has 0 saturated carbocycles. The zero-order chi connectivity index (χ0) is 18.5. The number of hydrogen-bond acceptors (Lipinski definition) is 6. The van der Waals surface area contributed by atoms with E-state index in [1.165, 1.54) is 0 Å². The summed E-state index contributed by atoms with van der Waals surface area (Å²) in [6.07, 6.45) is 5.21. The Balaban J connectivity index is 1.71. The minimum Gasteiger partial charge on any atom is -0.478 e. The van der Waals surface area contributed by atoms with Crippen LogP contribution in [-0.2, 0) is 6.54 Å². The molecule has 4 aromatic rings. The van der Waals surface area contributed by atoms with Crippen LogP contribution in [-0.4, -0.2) is 26.5 Å². The van der Waals surface area contributed by atoms with E-state index in [4.69, 9.17) is 14.7 Å². The molecule has 3 heterocycles. The van der Waals surface area contributed by atoms with Crippen molar-refractivity contribution in [3.63, 3.8) is 0 Å². The lowest BCUT2D eigenvalue weighted by Gasteiger charge is -2.13. The number of nitrogens with one attached hydrogen (secondary N) is 1. The Morgan fingerprint density at radius 2 is 1.78 bits per heavy atom. The highest BCUT2D eigenvalue weighted by atomic mass is 16.5. The summed E-state index contributed by atoms with van der Waals surface area (Å²) in [5, 5.41) is 4.40. The molecule has 6 nitrogen and oxygen atoms in total. The van der Waals surface area contributed by atoms with Crippen LogP contribution in [0.1, 0.15) is 12.5 Å². The van der Waals surface area contributed by atoms with E-state index >= 15 is 0 Å². The number of para-hydroxylation sites is 1. The SMILES string of the molecule is CCOc1ncccc1CNc1nc(-c2ccncc2)nc2ccccc12. The second-order valence-electron chi connectivity index (χ2n) is 5.90. The third kappa shape index (κ3) is 3.69. The summed E-state index contributed by atoms with van der Waals surface area (Å²) in [7, 11) is 0. The van der Waals surface area contributed by atoms with Crippen LogP contribution < -0.4 is 10.1 Å². The van der Waals surface area contributed by atoms with Gasteiger partial charge < -0.3 is 10.1 Å². The second-order valence-corrected chi connectivity index (χ2v) is 5.90. The van der Waals surface area contributed by atoms with Gasteiger partial charge in [0, 0.05) is 41.6 Å². The van der Waals surface area contributed by atoms with Crippen molar-refractivity contribution in [1.29, 1.82) is 0 Å². The van der Waals surface area contributed by atoms with Crippen LogP contribution in [0.25, 0.3) is 22.3 Å². The number of anilines is 1. The summed E-state index contributed by atoms with van der Waals surface area (Å²) < 4.78 is 5.62. The fraction of sp³-hybridized carbons (Fsp3) is 0.143. The van der Waals surface area contributed by atoms with Crippen LogP contribution in [0.4, 0.5) is 5.82 Å². The van der Waals surface area contributed by atoms with Crippen molar-refractivity contribution in [3.8, 4) is 17.3 Å². The van der Waals surface area contributed by atoms with E-state index in [-0.39, 0.29) is 0 Å². The van der Waals surface area contributed by atoms with Gasteiger partial charge in [-0.15, -0.1) is 0 Å². The van der Waals surface area contributed by atoms with Gasteiger partial charge in [-0.2, -0.15) is 0 Å². The van der Waals surface area contributed by atoms with Gasteiger partial charge in [0.25, 0.3) is 0 Å². The summed E-state index contributed by atoms with van der Waals surface area (Å²) >= 11 is 0. The first-order valence-electron chi connectivity index (χ1n) is 8.83. The van der Waals surface area contributed by atoms with Crippen molar-refractivity contribution in [3.05, 3.63) is 72.7 Å². The van der Waals surface area contributed by atoms with E-state index in [1.54, 1.807) is 18.6 Å². The monoisotopic (exact) mass is 357 g/mol. The highest BCUT2D eigenvalue weighted by Crippen LogP contribution is 2.25. The molecule has 0 radical (unpaired) electrons. The Bertz CT molecular complexity index is 1050. The zero-order valence-corrected chi connectivity index (χ0v) is 15.0. The molecule has 0 bridgehead atoms. The average molecular weight is 357 g/mol. The molecule has 0 spiro atoms. The van der Waals surface area contributed by atoms with Gasteiger partial charge in [-0.1, -0.05) is 18.2 Å². The summed E-state index contributed by atoms with van der Waals surface area (Å²) in [4.78, 5) is 17.8. The van der Waals surface area contributed by atoms with Crippen LogP contribution in [0.15, 0.2) is 67.1 Å². The first kappa shape index (κ1) is 16.9. The molecule has 0 amide bonds. The van der Waals surface area contributed by atoms with E-state index in [9.17, 15) is 0 Å². The van der Waals surface area contributed by atoms with E-state index in [2.05, 4.69) is 15.3 Å². The van der Waals surface area contributed by atoms with Crippen LogP contribution in [0, 0.1) is 0 Å². The van der Waals surface area contributed by atoms with E-state index in [0.717, 1.165) is 27.8 Å². The van der Waals surface area contributed by atoms with E-state index in [0.29, 0.717) is 24.9 Å². The Morgan fingerprint density at radius 3 is 2.63 bits per heavy atom. The molecule has 0 fully saturated rings. The lowest BCUT2D eigenvalue weighted by Crippen LogP contribution is -2.07. The fourth-order valence-electron chi connectivity index (χ4n) is 2.85. The Labute approximate surface area is 157 Å². The van der Waals surface area contributed by atoms with Gasteiger partial charge in [0.15, 0.2) is 5.82 Å².